The summed E-state index contributed by atoms with van der Waals surface area (Å²) < 4.78 is 21.1. The molecule has 2 aromatic carbocycles. The number of benzene rings is 2. The number of nitrogens with one attached hydrogen (secondary N) is 1. The molecule has 1 aliphatic carbocycles. The van der Waals surface area contributed by atoms with Crippen LogP contribution in [0.1, 0.15) is 34.5 Å². The summed E-state index contributed by atoms with van der Waals surface area (Å²) in [5.74, 6) is 0.382. The van der Waals surface area contributed by atoms with Crippen molar-refractivity contribution >= 4 is 16.8 Å². The molecule has 1 saturated carbocycles. The molecule has 2 heterocycles. The molecule has 0 unspecified atom stereocenters. The minimum absolute atomic E-state index is 0.114. The smallest absolute Gasteiger partial charge is 0.251 e. The summed E-state index contributed by atoms with van der Waals surface area (Å²) in [7, 11) is 0. The number of aromatic nitrogens is 4. The highest BCUT2D eigenvalue weighted by Gasteiger charge is 2.24. The topological polar surface area (TPSA) is 81.9 Å². The predicted octanol–water partition coefficient (Wildman–Crippen LogP) is 4.26. The maximum absolute atomic E-state index is 13.3. The van der Waals surface area contributed by atoms with Crippen LogP contribution in [0.15, 0.2) is 48.7 Å². The summed E-state index contributed by atoms with van der Waals surface area (Å²) in [5, 5.41) is 16.5. The third-order valence-corrected chi connectivity index (χ3v) is 5.27. The second-order valence-corrected chi connectivity index (χ2v) is 7.72. The van der Waals surface area contributed by atoms with Crippen molar-refractivity contribution in [3.63, 3.8) is 0 Å². The second kappa shape index (κ2) is 7.46. The minimum atomic E-state index is -0.318. The highest BCUT2D eigenvalue weighted by molar-refractivity contribution is 5.95. The lowest BCUT2D eigenvalue weighted by atomic mass is 10.1. The summed E-state index contributed by atoms with van der Waals surface area (Å²) in [5.41, 5.74) is 3.49. The third-order valence-electron chi connectivity index (χ3n) is 5.27. The van der Waals surface area contributed by atoms with Crippen molar-refractivity contribution in [2.45, 2.75) is 32.7 Å². The number of hydrogen-bond donors (Lipinski definition) is 1. The molecular formula is C23H20FN5O2. The SMILES string of the molecule is Cc1ccc(C(=O)NC2CC2)cc1Oc1nnc(C)c2c1cnn2-c1ccc(F)cc1. The first kappa shape index (κ1) is 19.2. The van der Waals surface area contributed by atoms with Crippen LogP contribution < -0.4 is 10.1 Å². The van der Waals surface area contributed by atoms with E-state index in [-0.39, 0.29) is 23.6 Å². The number of rotatable bonds is 5. The Morgan fingerprint density at radius 3 is 2.65 bits per heavy atom. The van der Waals surface area contributed by atoms with E-state index in [0.29, 0.717) is 28.1 Å². The van der Waals surface area contributed by atoms with Crippen LogP contribution in [0.5, 0.6) is 11.6 Å². The van der Waals surface area contributed by atoms with Gasteiger partial charge >= 0.3 is 0 Å². The van der Waals surface area contributed by atoms with Crippen LogP contribution in [0.2, 0.25) is 0 Å². The van der Waals surface area contributed by atoms with Crippen LogP contribution in [0, 0.1) is 19.7 Å². The first-order valence-corrected chi connectivity index (χ1v) is 10.1. The van der Waals surface area contributed by atoms with Gasteiger partial charge in [0.1, 0.15) is 17.1 Å². The molecular weight excluding hydrogens is 397 g/mol. The number of carbonyl (C=O) groups is 1. The zero-order valence-electron chi connectivity index (χ0n) is 17.1. The van der Waals surface area contributed by atoms with E-state index in [1.54, 1.807) is 35.1 Å². The Hall–Kier alpha value is -3.81. The zero-order chi connectivity index (χ0) is 21.5. The van der Waals surface area contributed by atoms with Crippen molar-refractivity contribution in [3.8, 4) is 17.3 Å². The van der Waals surface area contributed by atoms with Crippen LogP contribution in [0.25, 0.3) is 16.6 Å². The Balaban J connectivity index is 1.52. The van der Waals surface area contributed by atoms with Crippen molar-refractivity contribution in [2.75, 3.05) is 0 Å². The monoisotopic (exact) mass is 417 g/mol. The predicted molar refractivity (Wildman–Crippen MR) is 113 cm³/mol. The van der Waals surface area contributed by atoms with Crippen LogP contribution >= 0.6 is 0 Å². The normalized spacial score (nSPS) is 13.4. The highest BCUT2D eigenvalue weighted by Crippen LogP contribution is 2.32. The van der Waals surface area contributed by atoms with Gasteiger partial charge in [-0.05, 0) is 68.7 Å². The number of ether oxygens (including phenoxy) is 1. The number of nitrogens with zero attached hydrogens (tertiary/aromatic N) is 4. The number of carbonyl (C=O) groups excluding carboxylic acids is 1. The van der Waals surface area contributed by atoms with Gasteiger partial charge < -0.3 is 10.1 Å². The summed E-state index contributed by atoms with van der Waals surface area (Å²) in [6, 6.07) is 11.7. The van der Waals surface area contributed by atoms with E-state index in [2.05, 4.69) is 20.6 Å². The second-order valence-electron chi connectivity index (χ2n) is 7.72. The molecule has 1 N–H and O–H groups in total. The molecule has 156 valence electrons. The van der Waals surface area contributed by atoms with Gasteiger partial charge in [0.2, 0.25) is 5.88 Å². The molecule has 4 aromatic rings. The van der Waals surface area contributed by atoms with Gasteiger partial charge in [-0.1, -0.05) is 6.07 Å². The molecule has 0 radical (unpaired) electrons. The molecule has 0 aliphatic heterocycles. The first-order valence-electron chi connectivity index (χ1n) is 10.1. The molecule has 31 heavy (non-hydrogen) atoms. The fourth-order valence-electron chi connectivity index (χ4n) is 3.38. The quantitative estimate of drug-likeness (QED) is 0.525. The third kappa shape index (κ3) is 3.72. The number of aryl methyl sites for hydroxylation is 2. The maximum atomic E-state index is 13.3. The van der Waals surface area contributed by atoms with Gasteiger partial charge in [0.15, 0.2) is 0 Å². The average molecular weight is 417 g/mol. The van der Waals surface area contributed by atoms with E-state index in [9.17, 15) is 9.18 Å². The Kier molecular flexibility index (Phi) is 4.62. The largest absolute Gasteiger partial charge is 0.437 e. The molecule has 0 saturated heterocycles. The summed E-state index contributed by atoms with van der Waals surface area (Å²) in [4.78, 5) is 12.4. The van der Waals surface area contributed by atoms with E-state index < -0.39 is 0 Å². The van der Waals surface area contributed by atoms with E-state index in [4.69, 9.17) is 4.74 Å². The molecule has 0 atom stereocenters. The molecule has 0 spiro atoms. The fourth-order valence-corrected chi connectivity index (χ4v) is 3.38. The summed E-state index contributed by atoms with van der Waals surface area (Å²) in [6.07, 6.45) is 3.70. The standard InChI is InChI=1S/C23H20FN5O2/c1-13-3-4-15(22(30)26-17-7-8-17)11-20(13)31-23-19-12-25-29(21(19)14(2)27-28-23)18-9-5-16(24)6-10-18/h3-6,9-12,17H,7-8H2,1-2H3,(H,26,30). The van der Waals surface area contributed by atoms with Gasteiger partial charge in [0, 0.05) is 11.6 Å². The van der Waals surface area contributed by atoms with Gasteiger partial charge in [-0.3, -0.25) is 4.79 Å². The minimum Gasteiger partial charge on any atom is -0.437 e. The molecule has 1 fully saturated rings. The first-order chi connectivity index (χ1) is 15.0. The average Bonchev–Trinajstić information content (AvgIpc) is 3.46. The molecule has 5 rings (SSSR count). The zero-order valence-corrected chi connectivity index (χ0v) is 17.1. The summed E-state index contributed by atoms with van der Waals surface area (Å²) in [6.45, 7) is 3.73. The number of halogens is 1. The van der Waals surface area contributed by atoms with E-state index in [0.717, 1.165) is 23.9 Å². The Bertz CT molecular complexity index is 1300. The number of hydrogen-bond acceptors (Lipinski definition) is 5. The van der Waals surface area contributed by atoms with Crippen LogP contribution in [0.3, 0.4) is 0 Å². The van der Waals surface area contributed by atoms with Crippen LogP contribution in [-0.4, -0.2) is 31.9 Å². The van der Waals surface area contributed by atoms with E-state index in [1.807, 2.05) is 19.9 Å². The molecule has 8 heteroatoms. The van der Waals surface area contributed by atoms with E-state index in [1.165, 1.54) is 12.1 Å². The fraction of sp³-hybridized carbons (Fsp3) is 0.217. The number of fused-ring (bicyclic) bond motifs is 1. The van der Waals surface area contributed by atoms with Crippen molar-refractivity contribution in [2.24, 2.45) is 0 Å². The molecule has 2 aromatic heterocycles. The van der Waals surface area contributed by atoms with Gasteiger partial charge in [-0.15, -0.1) is 10.2 Å². The molecule has 0 bridgehead atoms. The highest BCUT2D eigenvalue weighted by atomic mass is 19.1. The van der Waals surface area contributed by atoms with E-state index >= 15 is 0 Å². The van der Waals surface area contributed by atoms with Crippen molar-refractivity contribution < 1.29 is 13.9 Å². The Labute approximate surface area is 177 Å². The van der Waals surface area contributed by atoms with Crippen molar-refractivity contribution in [1.29, 1.82) is 0 Å². The molecule has 1 aliphatic rings. The Morgan fingerprint density at radius 2 is 1.90 bits per heavy atom. The maximum Gasteiger partial charge on any atom is 0.251 e. The van der Waals surface area contributed by atoms with Gasteiger partial charge in [0.05, 0.1) is 23.0 Å². The van der Waals surface area contributed by atoms with Crippen molar-refractivity contribution in [3.05, 3.63) is 71.3 Å². The molecule has 7 nitrogen and oxygen atoms in total. The lowest BCUT2D eigenvalue weighted by molar-refractivity contribution is 0.0950. The van der Waals surface area contributed by atoms with Crippen LogP contribution in [-0.2, 0) is 0 Å². The van der Waals surface area contributed by atoms with Crippen molar-refractivity contribution in [1.82, 2.24) is 25.3 Å². The van der Waals surface area contributed by atoms with Crippen LogP contribution in [0.4, 0.5) is 4.39 Å². The van der Waals surface area contributed by atoms with Gasteiger partial charge in [0.25, 0.3) is 5.91 Å². The van der Waals surface area contributed by atoms with Gasteiger partial charge in [-0.2, -0.15) is 5.10 Å². The summed E-state index contributed by atoms with van der Waals surface area (Å²) >= 11 is 0. The lowest BCUT2D eigenvalue weighted by Gasteiger charge is -2.11. The Morgan fingerprint density at radius 1 is 1.13 bits per heavy atom. The number of amides is 1. The van der Waals surface area contributed by atoms with Gasteiger partial charge in [-0.25, -0.2) is 9.07 Å². The lowest BCUT2D eigenvalue weighted by Crippen LogP contribution is -2.25. The molecule has 1 amide bonds.